The molecule has 0 fully saturated rings. The normalized spacial score (nSPS) is 3.60. The molecule has 0 aromatic carbocycles. The first kappa shape index (κ1) is 16.1. The Balaban J connectivity index is -0.0000000200. The molecular formula is C3H8Ti2. The third kappa shape index (κ3) is 31.3. The van der Waals surface area contributed by atoms with Gasteiger partial charge in [-0.25, -0.2) is 0 Å². The van der Waals surface area contributed by atoms with E-state index in [1.54, 1.807) is 0 Å². The van der Waals surface area contributed by atoms with Crippen LogP contribution in [-0.4, -0.2) is 0 Å². The van der Waals surface area contributed by atoms with Crippen LogP contribution in [0.15, 0.2) is 0 Å². The van der Waals surface area contributed by atoms with Gasteiger partial charge in [0.1, 0.15) is 0 Å². The minimum atomic E-state index is 0. The van der Waals surface area contributed by atoms with E-state index in [0.29, 0.717) is 0 Å². The number of hydrogen-bond donors (Lipinski definition) is 0. The Hall–Kier alpha value is 1.43. The van der Waals surface area contributed by atoms with E-state index < -0.39 is 0 Å². The van der Waals surface area contributed by atoms with Crippen molar-refractivity contribution in [1.29, 1.82) is 0 Å². The van der Waals surface area contributed by atoms with Crippen molar-refractivity contribution in [3.8, 4) is 0 Å². The van der Waals surface area contributed by atoms with Crippen LogP contribution in [0.4, 0.5) is 0 Å². The summed E-state index contributed by atoms with van der Waals surface area (Å²) >= 11 is 0. The summed E-state index contributed by atoms with van der Waals surface area (Å²) in [5.41, 5.74) is 0. The first-order chi connectivity index (χ1) is 1.41. The van der Waals surface area contributed by atoms with Crippen molar-refractivity contribution in [2.75, 3.05) is 0 Å². The van der Waals surface area contributed by atoms with E-state index in [0.717, 1.165) is 0 Å². The SMILES string of the molecule is CCC.[Ti].[Ti]. The molecule has 0 nitrogen and oxygen atoms in total. The van der Waals surface area contributed by atoms with Crippen molar-refractivity contribution < 1.29 is 43.4 Å². The Morgan fingerprint density at radius 2 is 1.00 bits per heavy atom. The van der Waals surface area contributed by atoms with Gasteiger partial charge in [-0.2, -0.15) is 0 Å². The maximum Gasteiger partial charge on any atom is 0 e. The van der Waals surface area contributed by atoms with Gasteiger partial charge in [-0.15, -0.1) is 0 Å². The first-order valence-corrected chi connectivity index (χ1v) is 1.41. The summed E-state index contributed by atoms with van der Waals surface area (Å²) in [5, 5.41) is 0. The molecule has 0 radical (unpaired) electrons. The molecule has 0 atom stereocenters. The third-order valence-electron chi connectivity index (χ3n) is 0. The molecule has 0 spiro atoms. The summed E-state index contributed by atoms with van der Waals surface area (Å²) in [5.74, 6) is 0. The quantitative estimate of drug-likeness (QED) is 0.446. The summed E-state index contributed by atoms with van der Waals surface area (Å²) in [7, 11) is 0. The van der Waals surface area contributed by atoms with Crippen LogP contribution in [-0.2, 0) is 43.4 Å². The van der Waals surface area contributed by atoms with Crippen molar-refractivity contribution in [2.45, 2.75) is 20.3 Å². The van der Waals surface area contributed by atoms with E-state index in [4.69, 9.17) is 0 Å². The van der Waals surface area contributed by atoms with Crippen molar-refractivity contribution in [3.63, 3.8) is 0 Å². The summed E-state index contributed by atoms with van der Waals surface area (Å²) in [4.78, 5) is 0. The van der Waals surface area contributed by atoms with E-state index in [9.17, 15) is 0 Å². The van der Waals surface area contributed by atoms with Crippen molar-refractivity contribution >= 4 is 0 Å². The molecule has 0 aliphatic heterocycles. The van der Waals surface area contributed by atoms with Gasteiger partial charge in [0, 0.05) is 43.4 Å². The second kappa shape index (κ2) is 18.1. The monoisotopic (exact) mass is 140 g/mol. The molecule has 0 rings (SSSR count). The Morgan fingerprint density at radius 3 is 1.00 bits per heavy atom. The molecule has 28 valence electrons. The largest absolute Gasteiger partial charge is 0.0656 e. The second-order valence-electron chi connectivity index (χ2n) is 0.707. The minimum absolute atomic E-state index is 0. The molecule has 2 heteroatoms. The fourth-order valence-electron chi connectivity index (χ4n) is 0. The van der Waals surface area contributed by atoms with Crippen LogP contribution in [0.1, 0.15) is 20.3 Å². The van der Waals surface area contributed by atoms with Gasteiger partial charge in [0.15, 0.2) is 0 Å². The van der Waals surface area contributed by atoms with Crippen LogP contribution in [0.3, 0.4) is 0 Å². The second-order valence-corrected chi connectivity index (χ2v) is 0.707. The molecule has 0 saturated carbocycles. The Bertz CT molecular complexity index is 4.85. The third-order valence-corrected chi connectivity index (χ3v) is 0. The average molecular weight is 140 g/mol. The average Bonchev–Trinajstić information content (AvgIpc) is 0.918. The number of rotatable bonds is 0. The van der Waals surface area contributed by atoms with E-state index in [2.05, 4.69) is 13.8 Å². The van der Waals surface area contributed by atoms with Crippen molar-refractivity contribution in [3.05, 3.63) is 0 Å². The molecular weight excluding hydrogens is 132 g/mol. The van der Waals surface area contributed by atoms with E-state index in [-0.39, 0.29) is 43.4 Å². The van der Waals surface area contributed by atoms with Crippen LogP contribution in [0.2, 0.25) is 0 Å². The van der Waals surface area contributed by atoms with Crippen molar-refractivity contribution in [2.24, 2.45) is 0 Å². The fraction of sp³-hybridized carbons (Fsp3) is 1.00. The molecule has 0 aromatic rings. The Morgan fingerprint density at radius 1 is 1.00 bits per heavy atom. The zero-order valence-corrected chi connectivity index (χ0v) is 6.83. The molecule has 0 aromatic heterocycles. The van der Waals surface area contributed by atoms with Gasteiger partial charge in [0.25, 0.3) is 0 Å². The summed E-state index contributed by atoms with van der Waals surface area (Å²) in [6, 6.07) is 0. The molecule has 0 heterocycles. The van der Waals surface area contributed by atoms with Gasteiger partial charge in [-0.3, -0.25) is 0 Å². The predicted octanol–water partition coefficient (Wildman–Crippen LogP) is 1.41. The van der Waals surface area contributed by atoms with E-state index in [1.807, 2.05) is 0 Å². The standard InChI is InChI=1S/C3H8.2Ti/c1-3-2;;/h3H2,1-2H3;;. The van der Waals surface area contributed by atoms with Crippen LogP contribution >= 0.6 is 0 Å². The molecule has 0 amide bonds. The fourth-order valence-corrected chi connectivity index (χ4v) is 0. The van der Waals surface area contributed by atoms with Crippen LogP contribution in [0.5, 0.6) is 0 Å². The first-order valence-electron chi connectivity index (χ1n) is 1.41. The zero-order chi connectivity index (χ0) is 2.71. The molecule has 0 unspecified atom stereocenters. The zero-order valence-electron chi connectivity index (χ0n) is 3.71. The Kier molecular flexibility index (Phi) is 58.2. The summed E-state index contributed by atoms with van der Waals surface area (Å²) in [6.07, 6.45) is 1.25. The minimum Gasteiger partial charge on any atom is -0.0656 e. The Labute approximate surface area is 63.5 Å². The van der Waals surface area contributed by atoms with Gasteiger partial charge in [0.2, 0.25) is 0 Å². The molecule has 0 aliphatic rings. The van der Waals surface area contributed by atoms with Crippen LogP contribution < -0.4 is 0 Å². The molecule has 5 heavy (non-hydrogen) atoms. The predicted molar refractivity (Wildman–Crippen MR) is 16.0 cm³/mol. The van der Waals surface area contributed by atoms with Gasteiger partial charge >= 0.3 is 0 Å². The molecule has 0 N–H and O–H groups in total. The summed E-state index contributed by atoms with van der Waals surface area (Å²) < 4.78 is 0. The van der Waals surface area contributed by atoms with E-state index in [1.165, 1.54) is 6.42 Å². The van der Waals surface area contributed by atoms with Gasteiger partial charge in [0.05, 0.1) is 0 Å². The topological polar surface area (TPSA) is 0 Å². The molecule has 0 bridgehead atoms. The van der Waals surface area contributed by atoms with Gasteiger partial charge < -0.3 is 0 Å². The molecule has 0 aliphatic carbocycles. The summed E-state index contributed by atoms with van der Waals surface area (Å²) in [6.45, 7) is 4.25. The maximum atomic E-state index is 2.12. The van der Waals surface area contributed by atoms with Crippen LogP contribution in [0, 0.1) is 0 Å². The number of hydrogen-bond acceptors (Lipinski definition) is 0. The maximum absolute atomic E-state index is 2.12. The molecule has 0 saturated heterocycles. The van der Waals surface area contributed by atoms with Gasteiger partial charge in [-0.1, -0.05) is 20.3 Å². The van der Waals surface area contributed by atoms with Gasteiger partial charge in [-0.05, 0) is 0 Å². The van der Waals surface area contributed by atoms with Crippen molar-refractivity contribution in [1.82, 2.24) is 0 Å². The van der Waals surface area contributed by atoms with E-state index >= 15 is 0 Å². The smallest absolute Gasteiger partial charge is 0 e. The van der Waals surface area contributed by atoms with Crippen LogP contribution in [0.25, 0.3) is 0 Å².